The summed E-state index contributed by atoms with van der Waals surface area (Å²) in [6, 6.07) is 14.6. The van der Waals surface area contributed by atoms with Crippen LogP contribution in [0.1, 0.15) is 34.9 Å². The molecule has 0 atom stereocenters. The van der Waals surface area contributed by atoms with Crippen LogP contribution in [0.3, 0.4) is 0 Å². The molecule has 1 N–H and O–H groups in total. The van der Waals surface area contributed by atoms with Crippen molar-refractivity contribution in [2.75, 3.05) is 0 Å². The SMILES string of the molecule is O=C(CCc1nnc(CCc2ccccc2)o1)NCc1ccc(C(F)(F)F)cc1. The Morgan fingerprint density at radius 2 is 1.52 bits per heavy atom. The number of hydrogen-bond donors (Lipinski definition) is 1. The molecule has 8 heteroatoms. The van der Waals surface area contributed by atoms with Crippen LogP contribution < -0.4 is 5.32 Å². The molecule has 0 aliphatic rings. The van der Waals surface area contributed by atoms with Crippen LogP contribution in [0.5, 0.6) is 0 Å². The molecule has 152 valence electrons. The number of carbonyl (C=O) groups is 1. The molecule has 1 heterocycles. The molecular formula is C21H20F3N3O2. The number of nitrogens with one attached hydrogen (secondary N) is 1. The third-order valence-corrected chi connectivity index (χ3v) is 4.32. The Hall–Kier alpha value is -3.16. The second-order valence-corrected chi connectivity index (χ2v) is 6.55. The first-order valence-electron chi connectivity index (χ1n) is 9.18. The summed E-state index contributed by atoms with van der Waals surface area (Å²) in [4.78, 5) is 12.0. The standard InChI is InChI=1S/C21H20F3N3O2/c22-21(23,24)17-9-6-16(7-10-17)14-25-18(28)11-13-20-27-26-19(29-20)12-8-15-4-2-1-3-5-15/h1-7,9-10H,8,11-14H2,(H,25,28). The minimum atomic E-state index is -4.37. The van der Waals surface area contributed by atoms with Gasteiger partial charge in [-0.2, -0.15) is 13.2 Å². The van der Waals surface area contributed by atoms with Gasteiger partial charge >= 0.3 is 6.18 Å². The summed E-state index contributed by atoms with van der Waals surface area (Å²) in [6.45, 7) is 0.156. The van der Waals surface area contributed by atoms with E-state index >= 15 is 0 Å². The minimum absolute atomic E-state index is 0.154. The molecule has 0 saturated heterocycles. The van der Waals surface area contributed by atoms with Crippen molar-refractivity contribution in [3.05, 3.63) is 83.1 Å². The van der Waals surface area contributed by atoms with Crippen LogP contribution in [0, 0.1) is 0 Å². The van der Waals surface area contributed by atoms with Crippen LogP contribution in [-0.2, 0) is 36.8 Å². The summed E-state index contributed by atoms with van der Waals surface area (Å²) < 4.78 is 43.2. The highest BCUT2D eigenvalue weighted by Gasteiger charge is 2.29. The van der Waals surface area contributed by atoms with Crippen molar-refractivity contribution >= 4 is 5.91 Å². The van der Waals surface area contributed by atoms with Crippen molar-refractivity contribution < 1.29 is 22.4 Å². The average molecular weight is 403 g/mol. The topological polar surface area (TPSA) is 68.0 Å². The Morgan fingerprint density at radius 1 is 0.862 bits per heavy atom. The van der Waals surface area contributed by atoms with E-state index in [0.29, 0.717) is 30.2 Å². The molecule has 0 saturated carbocycles. The fraction of sp³-hybridized carbons (Fsp3) is 0.286. The van der Waals surface area contributed by atoms with E-state index in [1.165, 1.54) is 17.7 Å². The van der Waals surface area contributed by atoms with Gasteiger partial charge in [-0.05, 0) is 29.7 Å². The van der Waals surface area contributed by atoms with Gasteiger partial charge in [-0.3, -0.25) is 4.79 Å². The van der Waals surface area contributed by atoms with Gasteiger partial charge < -0.3 is 9.73 Å². The fourth-order valence-electron chi connectivity index (χ4n) is 2.71. The van der Waals surface area contributed by atoms with E-state index in [-0.39, 0.29) is 18.9 Å². The monoisotopic (exact) mass is 403 g/mol. The van der Waals surface area contributed by atoms with E-state index in [9.17, 15) is 18.0 Å². The molecular weight excluding hydrogens is 383 g/mol. The summed E-state index contributed by atoms with van der Waals surface area (Å²) >= 11 is 0. The molecule has 29 heavy (non-hydrogen) atoms. The highest BCUT2D eigenvalue weighted by molar-refractivity contribution is 5.76. The number of halogens is 3. The average Bonchev–Trinajstić information content (AvgIpc) is 3.17. The minimum Gasteiger partial charge on any atom is -0.425 e. The number of hydrogen-bond acceptors (Lipinski definition) is 4. The molecule has 0 unspecified atom stereocenters. The van der Waals surface area contributed by atoms with E-state index in [4.69, 9.17) is 4.42 Å². The number of aryl methyl sites for hydroxylation is 3. The molecule has 0 spiro atoms. The molecule has 3 rings (SSSR count). The smallest absolute Gasteiger partial charge is 0.416 e. The third-order valence-electron chi connectivity index (χ3n) is 4.32. The third kappa shape index (κ3) is 6.44. The molecule has 0 fully saturated rings. The van der Waals surface area contributed by atoms with Crippen LogP contribution in [0.2, 0.25) is 0 Å². The van der Waals surface area contributed by atoms with Crippen molar-refractivity contribution in [2.45, 2.75) is 38.4 Å². The Morgan fingerprint density at radius 3 is 2.17 bits per heavy atom. The highest BCUT2D eigenvalue weighted by atomic mass is 19.4. The van der Waals surface area contributed by atoms with Crippen molar-refractivity contribution in [2.24, 2.45) is 0 Å². The van der Waals surface area contributed by atoms with Crippen LogP contribution in [-0.4, -0.2) is 16.1 Å². The van der Waals surface area contributed by atoms with Crippen LogP contribution >= 0.6 is 0 Å². The second kappa shape index (κ2) is 9.36. The Kier molecular flexibility index (Phi) is 6.64. The van der Waals surface area contributed by atoms with E-state index in [2.05, 4.69) is 15.5 Å². The lowest BCUT2D eigenvalue weighted by atomic mass is 10.1. The normalized spacial score (nSPS) is 11.4. The molecule has 2 aromatic carbocycles. The van der Waals surface area contributed by atoms with Crippen molar-refractivity contribution in [1.29, 1.82) is 0 Å². The lowest BCUT2D eigenvalue weighted by Crippen LogP contribution is -2.23. The fourth-order valence-corrected chi connectivity index (χ4v) is 2.71. The molecule has 0 bridgehead atoms. The number of carbonyl (C=O) groups excluding carboxylic acids is 1. The first-order chi connectivity index (χ1) is 13.9. The molecule has 0 radical (unpaired) electrons. The number of rotatable bonds is 8. The van der Waals surface area contributed by atoms with E-state index in [0.717, 1.165) is 18.6 Å². The molecule has 3 aromatic rings. The zero-order chi connectivity index (χ0) is 20.7. The number of amides is 1. The maximum absolute atomic E-state index is 12.5. The summed E-state index contributed by atoms with van der Waals surface area (Å²) in [5, 5.41) is 10.6. The first kappa shape index (κ1) is 20.6. The molecule has 1 aromatic heterocycles. The van der Waals surface area contributed by atoms with Gasteiger partial charge in [-0.25, -0.2) is 0 Å². The maximum atomic E-state index is 12.5. The van der Waals surface area contributed by atoms with Gasteiger partial charge in [0.15, 0.2) is 0 Å². The van der Waals surface area contributed by atoms with Crippen molar-refractivity contribution in [3.63, 3.8) is 0 Å². The first-order valence-corrected chi connectivity index (χ1v) is 9.18. The Balaban J connectivity index is 1.40. The molecule has 1 amide bonds. The zero-order valence-electron chi connectivity index (χ0n) is 15.6. The van der Waals surface area contributed by atoms with Crippen molar-refractivity contribution in [1.82, 2.24) is 15.5 Å². The van der Waals surface area contributed by atoms with Gasteiger partial charge in [0.2, 0.25) is 17.7 Å². The number of nitrogens with zero attached hydrogens (tertiary/aromatic N) is 2. The summed E-state index contributed by atoms with van der Waals surface area (Å²) in [7, 11) is 0. The van der Waals surface area contributed by atoms with Gasteiger partial charge in [-0.1, -0.05) is 42.5 Å². The molecule has 5 nitrogen and oxygen atoms in total. The Bertz CT molecular complexity index is 922. The van der Waals surface area contributed by atoms with Gasteiger partial charge in [0.25, 0.3) is 0 Å². The van der Waals surface area contributed by atoms with Crippen LogP contribution in [0.15, 0.2) is 59.0 Å². The quantitative estimate of drug-likeness (QED) is 0.614. The van der Waals surface area contributed by atoms with Gasteiger partial charge in [-0.15, -0.1) is 10.2 Å². The number of alkyl halides is 3. The second-order valence-electron chi connectivity index (χ2n) is 6.55. The predicted molar refractivity (Wildman–Crippen MR) is 99.8 cm³/mol. The largest absolute Gasteiger partial charge is 0.425 e. The van der Waals surface area contributed by atoms with Crippen LogP contribution in [0.25, 0.3) is 0 Å². The van der Waals surface area contributed by atoms with Gasteiger partial charge in [0.05, 0.1) is 5.56 Å². The lowest BCUT2D eigenvalue weighted by molar-refractivity contribution is -0.137. The summed E-state index contributed by atoms with van der Waals surface area (Å²) in [5.41, 5.74) is 1.05. The van der Waals surface area contributed by atoms with E-state index < -0.39 is 11.7 Å². The summed E-state index contributed by atoms with van der Waals surface area (Å²) in [5.74, 6) is 0.667. The highest BCUT2D eigenvalue weighted by Crippen LogP contribution is 2.29. The molecule has 0 aliphatic heterocycles. The van der Waals surface area contributed by atoms with Gasteiger partial charge in [0, 0.05) is 25.8 Å². The predicted octanol–water partition coefficient (Wildman–Crippen LogP) is 4.12. The number of benzene rings is 2. The van der Waals surface area contributed by atoms with E-state index in [1.807, 2.05) is 30.3 Å². The number of aromatic nitrogens is 2. The summed E-state index contributed by atoms with van der Waals surface area (Å²) in [6.07, 6.45) is -2.50. The van der Waals surface area contributed by atoms with E-state index in [1.54, 1.807) is 0 Å². The van der Waals surface area contributed by atoms with Crippen molar-refractivity contribution in [3.8, 4) is 0 Å². The van der Waals surface area contributed by atoms with Gasteiger partial charge in [0.1, 0.15) is 0 Å². The molecule has 0 aliphatic carbocycles. The Labute approximate surface area is 166 Å². The lowest BCUT2D eigenvalue weighted by Gasteiger charge is -2.08. The zero-order valence-corrected chi connectivity index (χ0v) is 15.6. The maximum Gasteiger partial charge on any atom is 0.416 e. The van der Waals surface area contributed by atoms with Crippen LogP contribution in [0.4, 0.5) is 13.2 Å².